The summed E-state index contributed by atoms with van der Waals surface area (Å²) < 4.78 is 7.73. The Labute approximate surface area is 164 Å². The molecule has 134 valence electrons. The molecule has 0 radical (unpaired) electrons. The second kappa shape index (κ2) is 8.89. The Morgan fingerprint density at radius 2 is 2.08 bits per heavy atom. The van der Waals surface area contributed by atoms with Crippen LogP contribution >= 0.6 is 24.0 Å². The fourth-order valence-electron chi connectivity index (χ4n) is 2.70. The van der Waals surface area contributed by atoms with Gasteiger partial charge in [-0.15, -0.1) is 24.0 Å². The van der Waals surface area contributed by atoms with E-state index in [0.717, 1.165) is 35.7 Å². The van der Waals surface area contributed by atoms with Crippen molar-refractivity contribution in [3.8, 4) is 0 Å². The third-order valence-electron chi connectivity index (χ3n) is 4.05. The van der Waals surface area contributed by atoms with E-state index in [0.29, 0.717) is 6.54 Å². The summed E-state index contributed by atoms with van der Waals surface area (Å²) in [5.74, 6) is 1.70. The highest BCUT2D eigenvalue weighted by Gasteiger charge is 2.10. The van der Waals surface area contributed by atoms with E-state index in [1.807, 2.05) is 42.3 Å². The van der Waals surface area contributed by atoms with E-state index in [4.69, 9.17) is 4.42 Å². The molecule has 1 aromatic carbocycles. The van der Waals surface area contributed by atoms with Gasteiger partial charge >= 0.3 is 0 Å². The summed E-state index contributed by atoms with van der Waals surface area (Å²) in [6.07, 6.45) is 4.81. The number of para-hydroxylation sites is 1. The van der Waals surface area contributed by atoms with Gasteiger partial charge in [-0.1, -0.05) is 18.2 Å². The lowest BCUT2D eigenvalue weighted by Crippen LogP contribution is -2.37. The first-order valence-corrected chi connectivity index (χ1v) is 8.06. The summed E-state index contributed by atoms with van der Waals surface area (Å²) in [5.41, 5.74) is 3.30. The molecule has 0 aliphatic carbocycles. The number of hydrogen-bond acceptors (Lipinski definition) is 3. The number of furan rings is 1. The molecule has 0 saturated carbocycles. The van der Waals surface area contributed by atoms with Gasteiger partial charge in [-0.3, -0.25) is 9.67 Å². The predicted molar refractivity (Wildman–Crippen MR) is 111 cm³/mol. The molecule has 0 aliphatic rings. The second-order valence-corrected chi connectivity index (χ2v) is 5.77. The Morgan fingerprint density at radius 1 is 1.28 bits per heavy atom. The fraction of sp³-hybridized carbons (Fsp3) is 0.333. The third-order valence-corrected chi connectivity index (χ3v) is 4.05. The zero-order valence-corrected chi connectivity index (χ0v) is 17.1. The minimum absolute atomic E-state index is 0. The lowest BCUT2D eigenvalue weighted by Gasteiger charge is -2.10. The van der Waals surface area contributed by atoms with Gasteiger partial charge in [0, 0.05) is 37.8 Å². The summed E-state index contributed by atoms with van der Waals surface area (Å²) >= 11 is 0. The van der Waals surface area contributed by atoms with Crippen LogP contribution in [0, 0.1) is 6.92 Å². The zero-order chi connectivity index (χ0) is 16.9. The van der Waals surface area contributed by atoms with Crippen LogP contribution in [0.2, 0.25) is 0 Å². The summed E-state index contributed by atoms with van der Waals surface area (Å²) in [7, 11) is 3.69. The Kier molecular flexibility index (Phi) is 6.86. The molecular formula is C18H24IN5O. The Morgan fingerprint density at radius 3 is 2.76 bits per heavy atom. The van der Waals surface area contributed by atoms with Crippen LogP contribution in [0.15, 0.2) is 46.1 Å². The van der Waals surface area contributed by atoms with E-state index < -0.39 is 0 Å². The Hall–Kier alpha value is -2.03. The molecule has 0 unspecified atom stereocenters. The largest absolute Gasteiger partial charge is 0.459 e. The zero-order valence-electron chi connectivity index (χ0n) is 14.7. The van der Waals surface area contributed by atoms with Gasteiger partial charge in [-0.05, 0) is 25.0 Å². The van der Waals surface area contributed by atoms with Crippen molar-refractivity contribution < 1.29 is 4.42 Å². The van der Waals surface area contributed by atoms with Gasteiger partial charge in [-0.2, -0.15) is 5.10 Å². The summed E-state index contributed by atoms with van der Waals surface area (Å²) in [4.78, 5) is 4.26. The molecule has 0 amide bonds. The monoisotopic (exact) mass is 453 g/mol. The summed E-state index contributed by atoms with van der Waals surface area (Å²) in [6, 6.07) is 8.09. The maximum Gasteiger partial charge on any atom is 0.191 e. The van der Waals surface area contributed by atoms with Gasteiger partial charge in [-0.25, -0.2) is 0 Å². The Bertz CT molecular complexity index is 852. The highest BCUT2D eigenvalue weighted by molar-refractivity contribution is 14.0. The molecule has 2 heterocycles. The SMILES string of the molecule is CN=C(NCCc1cnn(C)c1)NCc1oc2ccccc2c1C.I. The molecule has 0 saturated heterocycles. The maximum atomic E-state index is 5.91. The first kappa shape index (κ1) is 19.3. The van der Waals surface area contributed by atoms with Gasteiger partial charge in [0.1, 0.15) is 11.3 Å². The van der Waals surface area contributed by atoms with Crippen LogP contribution in [0.3, 0.4) is 0 Å². The van der Waals surface area contributed by atoms with Crippen molar-refractivity contribution in [3.63, 3.8) is 0 Å². The number of nitrogens with one attached hydrogen (secondary N) is 2. The van der Waals surface area contributed by atoms with Crippen LogP contribution in [-0.4, -0.2) is 29.3 Å². The van der Waals surface area contributed by atoms with Crippen LogP contribution in [0.5, 0.6) is 0 Å². The quantitative estimate of drug-likeness (QED) is 0.354. The molecule has 7 heteroatoms. The fourth-order valence-corrected chi connectivity index (χ4v) is 2.70. The summed E-state index contributed by atoms with van der Waals surface area (Å²) in [6.45, 7) is 3.49. The number of halogens is 1. The number of benzene rings is 1. The number of guanidine groups is 1. The van der Waals surface area contributed by atoms with Crippen LogP contribution in [-0.2, 0) is 20.0 Å². The number of nitrogens with zero attached hydrogens (tertiary/aromatic N) is 3. The van der Waals surface area contributed by atoms with Gasteiger partial charge in [0.2, 0.25) is 0 Å². The first-order valence-electron chi connectivity index (χ1n) is 8.06. The van der Waals surface area contributed by atoms with Crippen molar-refractivity contribution in [2.45, 2.75) is 19.9 Å². The highest BCUT2D eigenvalue weighted by atomic mass is 127. The lowest BCUT2D eigenvalue weighted by atomic mass is 10.1. The van der Waals surface area contributed by atoms with Crippen molar-refractivity contribution in [1.82, 2.24) is 20.4 Å². The van der Waals surface area contributed by atoms with Gasteiger partial charge < -0.3 is 15.1 Å². The van der Waals surface area contributed by atoms with E-state index in [-0.39, 0.29) is 24.0 Å². The van der Waals surface area contributed by atoms with Gasteiger partial charge in [0.15, 0.2) is 5.96 Å². The van der Waals surface area contributed by atoms with Crippen LogP contribution in [0.1, 0.15) is 16.9 Å². The van der Waals surface area contributed by atoms with E-state index in [9.17, 15) is 0 Å². The highest BCUT2D eigenvalue weighted by Crippen LogP contribution is 2.24. The van der Waals surface area contributed by atoms with Gasteiger partial charge in [0.25, 0.3) is 0 Å². The van der Waals surface area contributed by atoms with E-state index >= 15 is 0 Å². The molecule has 6 nitrogen and oxygen atoms in total. The molecule has 0 fully saturated rings. The van der Waals surface area contributed by atoms with Crippen LogP contribution in [0.4, 0.5) is 0 Å². The van der Waals surface area contributed by atoms with Crippen molar-refractivity contribution >= 4 is 40.9 Å². The van der Waals surface area contributed by atoms with Crippen LogP contribution < -0.4 is 10.6 Å². The number of aryl methyl sites for hydroxylation is 2. The minimum atomic E-state index is 0. The number of fused-ring (bicyclic) bond motifs is 1. The molecule has 3 aromatic rings. The second-order valence-electron chi connectivity index (χ2n) is 5.77. The van der Waals surface area contributed by atoms with E-state index in [1.165, 1.54) is 11.1 Å². The average Bonchev–Trinajstić information content (AvgIpc) is 3.15. The normalized spacial score (nSPS) is 11.4. The standard InChI is InChI=1S/C18H23N5O.HI/c1-13-15-6-4-5-7-16(15)24-17(13)11-21-18(19-2)20-9-8-14-10-22-23(3)12-14;/h4-7,10,12H,8-9,11H2,1-3H3,(H2,19,20,21);1H. The third kappa shape index (κ3) is 4.75. The first-order chi connectivity index (χ1) is 11.7. The lowest BCUT2D eigenvalue weighted by molar-refractivity contribution is 0.534. The van der Waals surface area contributed by atoms with E-state index in [1.54, 1.807) is 7.05 Å². The molecule has 0 aliphatic heterocycles. The average molecular weight is 453 g/mol. The molecule has 3 rings (SSSR count). The van der Waals surface area contributed by atoms with Crippen molar-refractivity contribution in [2.24, 2.45) is 12.0 Å². The molecular weight excluding hydrogens is 429 g/mol. The molecule has 25 heavy (non-hydrogen) atoms. The van der Waals surface area contributed by atoms with Crippen molar-refractivity contribution in [3.05, 3.63) is 53.5 Å². The number of aliphatic imine (C=N–C) groups is 1. The van der Waals surface area contributed by atoms with Gasteiger partial charge in [0.05, 0.1) is 12.7 Å². The number of rotatable bonds is 5. The number of aromatic nitrogens is 2. The van der Waals surface area contributed by atoms with Crippen molar-refractivity contribution in [2.75, 3.05) is 13.6 Å². The molecule has 2 N–H and O–H groups in total. The molecule has 0 spiro atoms. The minimum Gasteiger partial charge on any atom is -0.459 e. The molecule has 0 bridgehead atoms. The predicted octanol–water partition coefficient (Wildman–Crippen LogP) is 3.00. The van der Waals surface area contributed by atoms with Crippen molar-refractivity contribution in [1.29, 1.82) is 0 Å². The van der Waals surface area contributed by atoms with Crippen LogP contribution in [0.25, 0.3) is 11.0 Å². The topological polar surface area (TPSA) is 67.4 Å². The maximum absolute atomic E-state index is 5.91. The van der Waals surface area contributed by atoms with E-state index in [2.05, 4.69) is 33.7 Å². The number of hydrogen-bond donors (Lipinski definition) is 2. The molecule has 0 atom stereocenters. The summed E-state index contributed by atoms with van der Waals surface area (Å²) in [5, 5.41) is 11.9. The smallest absolute Gasteiger partial charge is 0.191 e. The molecule has 2 aromatic heterocycles. The Balaban J connectivity index is 0.00000225.